The smallest absolute Gasteiger partial charge is 0.254 e. The van der Waals surface area contributed by atoms with Gasteiger partial charge in [-0.3, -0.25) is 14.4 Å². The summed E-state index contributed by atoms with van der Waals surface area (Å²) in [5.41, 5.74) is 9.88. The number of nitrogens with one attached hydrogen (secondary N) is 1. The molecule has 0 radical (unpaired) electrons. The predicted octanol–water partition coefficient (Wildman–Crippen LogP) is 6.94. The van der Waals surface area contributed by atoms with Crippen LogP contribution in [0.5, 0.6) is 11.5 Å². The van der Waals surface area contributed by atoms with Crippen molar-refractivity contribution < 1.29 is 19.1 Å². The molecule has 6 rings (SSSR count). The number of fused-ring (bicyclic) bond motifs is 3. The van der Waals surface area contributed by atoms with E-state index in [0.717, 1.165) is 41.0 Å². The number of primary amides is 1. The molecule has 3 amide bonds. The average molecular weight is 600 g/mol. The van der Waals surface area contributed by atoms with Gasteiger partial charge in [0, 0.05) is 5.56 Å². The molecule has 3 atom stereocenters. The first kappa shape index (κ1) is 29.9. The minimum absolute atomic E-state index is 0.258. The Morgan fingerprint density at radius 1 is 0.889 bits per heavy atom. The molecule has 0 aromatic heterocycles. The van der Waals surface area contributed by atoms with Crippen LogP contribution >= 0.6 is 0 Å². The molecule has 4 aromatic rings. The van der Waals surface area contributed by atoms with Gasteiger partial charge >= 0.3 is 0 Å². The van der Waals surface area contributed by atoms with Crippen LogP contribution in [0.4, 0.5) is 5.69 Å². The molecule has 0 bridgehead atoms. The number of hydrogen-bond donors (Lipinski definition) is 2. The number of amides is 3. The third-order valence-corrected chi connectivity index (χ3v) is 8.67. The average Bonchev–Trinajstić information content (AvgIpc) is 3.89. The van der Waals surface area contributed by atoms with Crippen molar-refractivity contribution in [3.8, 4) is 22.6 Å². The maximum atomic E-state index is 14.6. The molecule has 1 aliphatic heterocycles. The monoisotopic (exact) mass is 599 g/mol. The van der Waals surface area contributed by atoms with Crippen molar-refractivity contribution in [2.45, 2.75) is 38.3 Å². The predicted molar refractivity (Wildman–Crippen MR) is 175 cm³/mol. The zero-order chi connectivity index (χ0) is 31.3. The molecule has 0 spiro atoms. The van der Waals surface area contributed by atoms with Gasteiger partial charge in [-0.25, -0.2) is 0 Å². The molecule has 228 valence electrons. The van der Waals surface area contributed by atoms with Crippen LogP contribution in [-0.4, -0.2) is 17.7 Å². The first-order valence-corrected chi connectivity index (χ1v) is 15.4. The zero-order valence-electron chi connectivity index (χ0n) is 25.1. The number of ether oxygens (including phenoxy) is 1. The summed E-state index contributed by atoms with van der Waals surface area (Å²) in [6.07, 6.45) is 4.51. The molecular weight excluding hydrogens is 562 g/mol. The second-order valence-corrected chi connectivity index (χ2v) is 11.9. The number of hydrogen-bond acceptors (Lipinski definition) is 4. The zero-order valence-corrected chi connectivity index (χ0v) is 25.1. The Kier molecular flexibility index (Phi) is 8.78. The van der Waals surface area contributed by atoms with Crippen molar-refractivity contribution in [2.24, 2.45) is 23.5 Å². The first-order valence-electron chi connectivity index (χ1n) is 15.4. The molecule has 1 heterocycles. The highest BCUT2D eigenvalue weighted by molar-refractivity contribution is 6.06. The standard InChI is InChI=1S/C38H37N3O4/c1-2-11-32(36(39)42)33(23-25-20-21-25)37(43)40-35-31-18-7-6-16-29(31)30-17-8-9-19-34(30)41(38(35)44)24-26-12-10-15-28(22-26)45-27-13-4-3-5-14-27/h2-10,12-19,22,25,32-33,35H,1,11,20-21,23-24H2,(H2,39,42)(H,40,43)/t32-,33+,35?/m0/s1. The van der Waals surface area contributed by atoms with E-state index in [2.05, 4.69) is 11.9 Å². The molecule has 7 nitrogen and oxygen atoms in total. The van der Waals surface area contributed by atoms with E-state index in [4.69, 9.17) is 10.5 Å². The lowest BCUT2D eigenvalue weighted by molar-refractivity contribution is -0.135. The van der Waals surface area contributed by atoms with Crippen molar-refractivity contribution in [2.75, 3.05) is 4.90 Å². The van der Waals surface area contributed by atoms with Crippen molar-refractivity contribution in [3.63, 3.8) is 0 Å². The summed E-state index contributed by atoms with van der Waals surface area (Å²) >= 11 is 0. The number of carbonyl (C=O) groups excluding carboxylic acids is 3. The summed E-state index contributed by atoms with van der Waals surface area (Å²) in [7, 11) is 0. The number of rotatable bonds is 12. The van der Waals surface area contributed by atoms with Gasteiger partial charge in [0.05, 0.1) is 24.1 Å². The molecule has 3 N–H and O–H groups in total. The third-order valence-electron chi connectivity index (χ3n) is 8.67. The van der Waals surface area contributed by atoms with Gasteiger partial charge in [-0.05, 0) is 65.8 Å². The van der Waals surface area contributed by atoms with Crippen LogP contribution in [0.1, 0.15) is 42.9 Å². The molecule has 0 saturated heterocycles. The fourth-order valence-corrected chi connectivity index (χ4v) is 6.23. The molecule has 4 aromatic carbocycles. The summed E-state index contributed by atoms with van der Waals surface area (Å²) < 4.78 is 6.07. The number of anilines is 1. The summed E-state index contributed by atoms with van der Waals surface area (Å²) in [5.74, 6) is -0.741. The second kappa shape index (κ2) is 13.2. The lowest BCUT2D eigenvalue weighted by atomic mass is 9.83. The SMILES string of the molecule is C=CC[C@H](C(N)=O)[C@@H](CC1CC1)C(=O)NC1C(=O)N(Cc2cccc(Oc3ccccc3)c2)c2ccccc2-c2ccccc21. The van der Waals surface area contributed by atoms with Crippen molar-refractivity contribution in [1.29, 1.82) is 0 Å². The summed E-state index contributed by atoms with van der Waals surface area (Å²) in [6, 6.07) is 31.7. The Labute approximate surface area is 263 Å². The highest BCUT2D eigenvalue weighted by Gasteiger charge is 2.40. The Morgan fingerprint density at radius 2 is 1.58 bits per heavy atom. The van der Waals surface area contributed by atoms with Gasteiger partial charge in [0.2, 0.25) is 11.8 Å². The van der Waals surface area contributed by atoms with Crippen LogP contribution in [0.15, 0.2) is 116 Å². The van der Waals surface area contributed by atoms with Crippen molar-refractivity contribution in [1.82, 2.24) is 5.32 Å². The van der Waals surface area contributed by atoms with Gasteiger partial charge < -0.3 is 20.7 Å². The fourth-order valence-electron chi connectivity index (χ4n) is 6.23. The maximum Gasteiger partial charge on any atom is 0.254 e. The lowest BCUT2D eigenvalue weighted by Gasteiger charge is -2.29. The molecule has 1 aliphatic carbocycles. The van der Waals surface area contributed by atoms with Crippen LogP contribution in [0.3, 0.4) is 0 Å². The van der Waals surface area contributed by atoms with Gasteiger partial charge in [-0.15, -0.1) is 6.58 Å². The number of carbonyl (C=O) groups is 3. The number of benzene rings is 4. The second-order valence-electron chi connectivity index (χ2n) is 11.9. The van der Waals surface area contributed by atoms with Gasteiger partial charge in [0.15, 0.2) is 0 Å². The first-order chi connectivity index (χ1) is 21.9. The minimum atomic E-state index is -0.969. The van der Waals surface area contributed by atoms with E-state index in [1.54, 1.807) is 11.0 Å². The highest BCUT2D eigenvalue weighted by atomic mass is 16.5. The molecule has 1 saturated carbocycles. The van der Waals surface area contributed by atoms with Gasteiger partial charge in [-0.1, -0.05) is 91.7 Å². The van der Waals surface area contributed by atoms with E-state index in [1.807, 2.05) is 103 Å². The number of para-hydroxylation sites is 2. The number of allylic oxidation sites excluding steroid dienone is 1. The third kappa shape index (κ3) is 6.68. The van der Waals surface area contributed by atoms with Crippen molar-refractivity contribution >= 4 is 23.4 Å². The Balaban J connectivity index is 1.36. The van der Waals surface area contributed by atoms with Crippen LogP contribution < -0.4 is 20.7 Å². The summed E-state index contributed by atoms with van der Waals surface area (Å²) in [6.45, 7) is 4.04. The van der Waals surface area contributed by atoms with E-state index in [0.29, 0.717) is 30.1 Å². The normalized spacial score (nSPS) is 16.8. The molecule has 45 heavy (non-hydrogen) atoms. The maximum absolute atomic E-state index is 14.6. The Morgan fingerprint density at radius 3 is 2.31 bits per heavy atom. The van der Waals surface area contributed by atoms with Crippen LogP contribution in [-0.2, 0) is 20.9 Å². The Bertz CT molecular complexity index is 1720. The van der Waals surface area contributed by atoms with E-state index in [-0.39, 0.29) is 18.4 Å². The molecular formula is C38H37N3O4. The summed E-state index contributed by atoms with van der Waals surface area (Å²) in [5, 5.41) is 3.09. The minimum Gasteiger partial charge on any atom is -0.457 e. The van der Waals surface area contributed by atoms with Crippen LogP contribution in [0.2, 0.25) is 0 Å². The van der Waals surface area contributed by atoms with E-state index >= 15 is 0 Å². The van der Waals surface area contributed by atoms with Crippen molar-refractivity contribution in [3.05, 3.63) is 127 Å². The van der Waals surface area contributed by atoms with Gasteiger partial charge in [0.1, 0.15) is 17.5 Å². The van der Waals surface area contributed by atoms with Gasteiger partial charge in [-0.2, -0.15) is 0 Å². The molecule has 1 fully saturated rings. The quantitative estimate of drug-likeness (QED) is 0.172. The number of nitrogens with zero attached hydrogens (tertiary/aromatic N) is 1. The Hall–Kier alpha value is -5.17. The van der Waals surface area contributed by atoms with E-state index in [9.17, 15) is 14.4 Å². The topological polar surface area (TPSA) is 102 Å². The van der Waals surface area contributed by atoms with Gasteiger partial charge in [0.25, 0.3) is 5.91 Å². The van der Waals surface area contributed by atoms with E-state index < -0.39 is 23.8 Å². The fraction of sp³-hybridized carbons (Fsp3) is 0.237. The lowest BCUT2D eigenvalue weighted by Crippen LogP contribution is -2.46. The molecule has 2 aliphatic rings. The number of nitrogens with two attached hydrogens (primary N) is 1. The summed E-state index contributed by atoms with van der Waals surface area (Å²) in [4.78, 5) is 43.0. The molecule has 7 heteroatoms. The highest BCUT2D eigenvalue weighted by Crippen LogP contribution is 2.42. The largest absolute Gasteiger partial charge is 0.457 e. The molecule has 1 unspecified atom stereocenters. The van der Waals surface area contributed by atoms with Crippen LogP contribution in [0, 0.1) is 17.8 Å². The van der Waals surface area contributed by atoms with Crippen LogP contribution in [0.25, 0.3) is 11.1 Å². The van der Waals surface area contributed by atoms with E-state index in [1.165, 1.54) is 0 Å².